The Hall–Kier alpha value is -0.990. The van der Waals surface area contributed by atoms with Crippen molar-refractivity contribution in [2.24, 2.45) is 0 Å². The van der Waals surface area contributed by atoms with Gasteiger partial charge in [-0.3, -0.25) is 0 Å². The van der Waals surface area contributed by atoms with Crippen molar-refractivity contribution in [3.63, 3.8) is 0 Å². The Balaban J connectivity index is 4.39. The molecule has 0 aliphatic rings. The molecule has 0 aromatic carbocycles. The molecule has 0 atom stereocenters. The highest BCUT2D eigenvalue weighted by atomic mass is 16.5. The summed E-state index contributed by atoms with van der Waals surface area (Å²) in [6, 6.07) is 0. The lowest BCUT2D eigenvalue weighted by Gasteiger charge is -2.07. The zero-order valence-electron chi connectivity index (χ0n) is 7.18. The number of carbonyl (C=O) groups is 1. The lowest BCUT2D eigenvalue weighted by atomic mass is 10.2. The van der Waals surface area contributed by atoms with E-state index in [1.54, 1.807) is 6.92 Å². The van der Waals surface area contributed by atoms with Crippen molar-refractivity contribution < 1.29 is 14.6 Å². The van der Waals surface area contributed by atoms with Crippen LogP contribution in [0.25, 0.3) is 0 Å². The number of carboxylic acids is 1. The van der Waals surface area contributed by atoms with Crippen LogP contribution >= 0.6 is 0 Å². The highest BCUT2D eigenvalue weighted by Gasteiger charge is 2.07. The average Bonchev–Trinajstić information content (AvgIpc) is 1.98. The molecule has 0 unspecified atom stereocenters. The van der Waals surface area contributed by atoms with Crippen LogP contribution in [0.15, 0.2) is 11.3 Å². The fourth-order valence-electron chi connectivity index (χ4n) is 0.769. The van der Waals surface area contributed by atoms with Crippen molar-refractivity contribution in [1.82, 2.24) is 0 Å². The maximum Gasteiger partial charge on any atom is 0.334 e. The van der Waals surface area contributed by atoms with E-state index in [1.807, 2.05) is 13.8 Å². The van der Waals surface area contributed by atoms with Gasteiger partial charge in [0.2, 0.25) is 0 Å². The maximum atomic E-state index is 10.4. The minimum atomic E-state index is -0.907. The number of hydrogen-bond acceptors (Lipinski definition) is 2. The third-order valence-electron chi connectivity index (χ3n) is 1.38. The zero-order valence-corrected chi connectivity index (χ0v) is 7.18. The topological polar surface area (TPSA) is 46.5 Å². The Bertz CT molecular complexity index is 170. The Morgan fingerprint density at radius 1 is 1.45 bits per heavy atom. The van der Waals surface area contributed by atoms with Crippen LogP contribution in [0.4, 0.5) is 0 Å². The molecule has 0 aromatic heterocycles. The molecule has 0 amide bonds. The van der Waals surface area contributed by atoms with Crippen LogP contribution in [0, 0.1) is 0 Å². The van der Waals surface area contributed by atoms with Crippen molar-refractivity contribution in [2.45, 2.75) is 27.2 Å². The first-order chi connectivity index (χ1) is 5.13. The summed E-state index contributed by atoms with van der Waals surface area (Å²) in [7, 11) is 0. The molecule has 0 aromatic rings. The second-order valence-electron chi connectivity index (χ2n) is 2.14. The largest absolute Gasteiger partial charge is 0.498 e. The molecule has 0 bridgehead atoms. The van der Waals surface area contributed by atoms with Crippen molar-refractivity contribution in [3.8, 4) is 0 Å². The van der Waals surface area contributed by atoms with E-state index in [-0.39, 0.29) is 0 Å². The molecule has 1 N–H and O–H groups in total. The van der Waals surface area contributed by atoms with E-state index in [1.165, 1.54) is 0 Å². The lowest BCUT2D eigenvalue weighted by molar-refractivity contribution is -0.132. The molecule has 11 heavy (non-hydrogen) atoms. The second-order valence-corrected chi connectivity index (χ2v) is 2.14. The Morgan fingerprint density at radius 3 is 2.27 bits per heavy atom. The van der Waals surface area contributed by atoms with Gasteiger partial charge in [0.05, 0.1) is 12.2 Å². The first-order valence-corrected chi connectivity index (χ1v) is 3.69. The van der Waals surface area contributed by atoms with Gasteiger partial charge in [-0.1, -0.05) is 6.92 Å². The number of ether oxygens (including phenoxy) is 1. The first kappa shape index (κ1) is 10.0. The molecule has 0 aliphatic carbocycles. The minimum Gasteiger partial charge on any atom is -0.498 e. The van der Waals surface area contributed by atoms with E-state index in [2.05, 4.69) is 0 Å². The monoisotopic (exact) mass is 158 g/mol. The summed E-state index contributed by atoms with van der Waals surface area (Å²) < 4.78 is 5.11. The highest BCUT2D eigenvalue weighted by Crippen LogP contribution is 2.09. The molecule has 0 heterocycles. The number of rotatable bonds is 4. The van der Waals surface area contributed by atoms with E-state index < -0.39 is 5.97 Å². The van der Waals surface area contributed by atoms with Crippen LogP contribution in [0.3, 0.4) is 0 Å². The van der Waals surface area contributed by atoms with Gasteiger partial charge in [0, 0.05) is 6.42 Å². The number of aliphatic carboxylic acids is 1. The van der Waals surface area contributed by atoms with Gasteiger partial charge in [-0.2, -0.15) is 0 Å². The molecule has 0 rings (SSSR count). The third kappa shape index (κ3) is 3.07. The molecule has 0 radical (unpaired) electrons. The summed E-state index contributed by atoms with van der Waals surface area (Å²) >= 11 is 0. The molecular weight excluding hydrogens is 144 g/mol. The van der Waals surface area contributed by atoms with Crippen molar-refractivity contribution in [1.29, 1.82) is 0 Å². The second kappa shape index (κ2) is 4.77. The number of allylic oxidation sites excluding steroid dienone is 1. The molecule has 0 saturated heterocycles. The van der Waals surface area contributed by atoms with E-state index in [0.29, 0.717) is 24.4 Å². The van der Waals surface area contributed by atoms with E-state index >= 15 is 0 Å². The van der Waals surface area contributed by atoms with E-state index in [9.17, 15) is 4.79 Å². The van der Waals surface area contributed by atoms with E-state index in [4.69, 9.17) is 9.84 Å². The van der Waals surface area contributed by atoms with Gasteiger partial charge >= 0.3 is 5.97 Å². The Kier molecular flexibility index (Phi) is 4.34. The highest BCUT2D eigenvalue weighted by molar-refractivity contribution is 5.86. The van der Waals surface area contributed by atoms with Gasteiger partial charge in [0.1, 0.15) is 5.76 Å². The Morgan fingerprint density at radius 2 is 2.00 bits per heavy atom. The summed E-state index contributed by atoms with van der Waals surface area (Å²) in [6.07, 6.45) is 0.631. The molecular formula is C8H14O3. The van der Waals surface area contributed by atoms with Crippen LogP contribution in [0.5, 0.6) is 0 Å². The zero-order chi connectivity index (χ0) is 8.85. The van der Waals surface area contributed by atoms with Crippen molar-refractivity contribution in [3.05, 3.63) is 11.3 Å². The number of carboxylic acid groups (broad SMARTS) is 1. The van der Waals surface area contributed by atoms with Gasteiger partial charge in [0.15, 0.2) is 0 Å². The predicted molar refractivity (Wildman–Crippen MR) is 42.3 cm³/mol. The summed E-state index contributed by atoms with van der Waals surface area (Å²) in [4.78, 5) is 10.4. The fraction of sp³-hybridized carbons (Fsp3) is 0.625. The summed E-state index contributed by atoms with van der Waals surface area (Å²) in [5, 5.41) is 8.57. The fourth-order valence-corrected chi connectivity index (χ4v) is 0.769. The quantitative estimate of drug-likeness (QED) is 0.501. The first-order valence-electron chi connectivity index (χ1n) is 3.69. The van der Waals surface area contributed by atoms with Crippen LogP contribution in [-0.4, -0.2) is 17.7 Å². The minimum absolute atomic E-state index is 0.300. The van der Waals surface area contributed by atoms with Crippen LogP contribution in [0.1, 0.15) is 27.2 Å². The molecule has 3 nitrogen and oxygen atoms in total. The van der Waals surface area contributed by atoms with Crippen molar-refractivity contribution in [2.75, 3.05) is 6.61 Å². The van der Waals surface area contributed by atoms with Gasteiger partial charge in [0.25, 0.3) is 0 Å². The van der Waals surface area contributed by atoms with Gasteiger partial charge in [-0.05, 0) is 13.8 Å². The van der Waals surface area contributed by atoms with Gasteiger partial charge in [-0.15, -0.1) is 0 Å². The third-order valence-corrected chi connectivity index (χ3v) is 1.38. The molecule has 0 aliphatic heterocycles. The molecule has 0 spiro atoms. The van der Waals surface area contributed by atoms with Crippen LogP contribution in [-0.2, 0) is 9.53 Å². The summed E-state index contributed by atoms with van der Waals surface area (Å²) in [5.41, 5.74) is 0.300. The molecule has 3 heteroatoms. The summed E-state index contributed by atoms with van der Waals surface area (Å²) in [5.74, 6) is -0.338. The lowest BCUT2D eigenvalue weighted by Crippen LogP contribution is -2.03. The predicted octanol–water partition coefficient (Wildman–Crippen LogP) is 1.79. The Labute approximate surface area is 66.7 Å². The van der Waals surface area contributed by atoms with Crippen molar-refractivity contribution >= 4 is 5.97 Å². The standard InChI is InChI=1S/C8H14O3/c1-4-7(11-5-2)6(3)8(9)10/h4-5H2,1-3H3,(H,9,10). The van der Waals surface area contributed by atoms with E-state index in [0.717, 1.165) is 0 Å². The average molecular weight is 158 g/mol. The van der Waals surface area contributed by atoms with Crippen LogP contribution in [0.2, 0.25) is 0 Å². The normalized spacial score (nSPS) is 12.3. The number of hydrogen-bond donors (Lipinski definition) is 1. The molecule has 64 valence electrons. The smallest absolute Gasteiger partial charge is 0.334 e. The van der Waals surface area contributed by atoms with Crippen LogP contribution < -0.4 is 0 Å². The molecule has 0 fully saturated rings. The molecule has 0 saturated carbocycles. The maximum absolute atomic E-state index is 10.4. The van der Waals surface area contributed by atoms with Gasteiger partial charge in [-0.25, -0.2) is 4.79 Å². The van der Waals surface area contributed by atoms with Gasteiger partial charge < -0.3 is 9.84 Å². The summed E-state index contributed by atoms with van der Waals surface area (Å²) in [6.45, 7) is 5.78. The SMILES string of the molecule is CCOC(CC)=C(C)C(=O)O.